The molecule has 1 aliphatic rings. The Balaban J connectivity index is 1.65. The summed E-state index contributed by atoms with van der Waals surface area (Å²) >= 11 is 0. The van der Waals surface area contributed by atoms with Crippen LogP contribution in [-0.4, -0.2) is 56.1 Å². The zero-order valence-electron chi connectivity index (χ0n) is 15.0. The highest BCUT2D eigenvalue weighted by molar-refractivity contribution is 7.89. The number of aromatic nitrogens is 1. The molecule has 0 aliphatic carbocycles. The van der Waals surface area contributed by atoms with E-state index in [1.165, 1.54) is 17.5 Å². The van der Waals surface area contributed by atoms with Gasteiger partial charge in [0.05, 0.1) is 7.11 Å². The van der Waals surface area contributed by atoms with Gasteiger partial charge in [-0.05, 0) is 31.5 Å². The van der Waals surface area contributed by atoms with Crippen LogP contribution in [0.4, 0.5) is 4.39 Å². The summed E-state index contributed by atoms with van der Waals surface area (Å²) in [4.78, 5) is 2.25. The van der Waals surface area contributed by atoms with E-state index in [-0.39, 0.29) is 10.6 Å². The molecule has 1 aliphatic heterocycles. The normalized spacial score (nSPS) is 16.8. The van der Waals surface area contributed by atoms with Crippen molar-refractivity contribution in [3.8, 4) is 5.75 Å². The fraction of sp³-hybridized carbons (Fsp3) is 0.471. The van der Waals surface area contributed by atoms with Crippen molar-refractivity contribution in [2.75, 3.05) is 33.3 Å². The predicted molar refractivity (Wildman–Crippen MR) is 93.0 cm³/mol. The average Bonchev–Trinajstić information content (AvgIpc) is 2.95. The van der Waals surface area contributed by atoms with Crippen molar-refractivity contribution in [3.63, 3.8) is 0 Å². The topological polar surface area (TPSA) is 75.9 Å². The highest BCUT2D eigenvalue weighted by Crippen LogP contribution is 2.25. The second-order valence-electron chi connectivity index (χ2n) is 6.30. The van der Waals surface area contributed by atoms with Gasteiger partial charge in [0, 0.05) is 32.7 Å². The van der Waals surface area contributed by atoms with Crippen molar-refractivity contribution >= 4 is 10.0 Å². The zero-order chi connectivity index (χ0) is 18.9. The van der Waals surface area contributed by atoms with E-state index < -0.39 is 15.8 Å². The van der Waals surface area contributed by atoms with Crippen LogP contribution in [0.2, 0.25) is 0 Å². The minimum absolute atomic E-state index is 0.156. The summed E-state index contributed by atoms with van der Waals surface area (Å²) in [5, 5.41) is 3.73. The molecule has 1 saturated heterocycles. The molecular formula is C17H22FN3O4S. The van der Waals surface area contributed by atoms with Gasteiger partial charge in [-0.3, -0.25) is 4.90 Å². The standard InChI is InChI=1S/C17H22FN3O4S/c1-12-17(13(2)25-19-12)26(22,23)21-8-6-20(7-9-21)11-14-4-5-16(24-3)15(18)10-14/h4-5,10H,6-9,11H2,1-3H3. The second-order valence-corrected chi connectivity index (χ2v) is 8.18. The molecule has 0 bridgehead atoms. The number of sulfonamides is 1. The number of rotatable bonds is 5. The van der Waals surface area contributed by atoms with E-state index >= 15 is 0 Å². The lowest BCUT2D eigenvalue weighted by Crippen LogP contribution is -2.48. The predicted octanol–water partition coefficient (Wildman–Crippen LogP) is 1.95. The third-order valence-electron chi connectivity index (χ3n) is 4.52. The summed E-state index contributed by atoms with van der Waals surface area (Å²) in [6, 6.07) is 4.86. The van der Waals surface area contributed by atoms with Gasteiger partial charge in [-0.15, -0.1) is 0 Å². The molecule has 1 fully saturated rings. The van der Waals surface area contributed by atoms with E-state index in [9.17, 15) is 12.8 Å². The Morgan fingerprint density at radius 1 is 1.23 bits per heavy atom. The highest BCUT2D eigenvalue weighted by Gasteiger charge is 2.33. The smallest absolute Gasteiger partial charge is 0.248 e. The Morgan fingerprint density at radius 3 is 2.46 bits per heavy atom. The molecule has 9 heteroatoms. The van der Waals surface area contributed by atoms with Crippen molar-refractivity contribution in [1.29, 1.82) is 0 Å². The van der Waals surface area contributed by atoms with Crippen LogP contribution in [0.1, 0.15) is 17.0 Å². The molecule has 0 spiro atoms. The first-order chi connectivity index (χ1) is 12.3. The third kappa shape index (κ3) is 3.60. The van der Waals surface area contributed by atoms with Gasteiger partial charge < -0.3 is 9.26 Å². The van der Waals surface area contributed by atoms with Gasteiger partial charge in [-0.2, -0.15) is 4.31 Å². The minimum atomic E-state index is -3.62. The molecule has 0 N–H and O–H groups in total. The van der Waals surface area contributed by atoms with Gasteiger partial charge in [-0.1, -0.05) is 11.2 Å². The minimum Gasteiger partial charge on any atom is -0.494 e. The van der Waals surface area contributed by atoms with E-state index in [0.717, 1.165) is 5.56 Å². The molecule has 3 rings (SSSR count). The van der Waals surface area contributed by atoms with Crippen molar-refractivity contribution in [1.82, 2.24) is 14.4 Å². The number of aryl methyl sites for hydroxylation is 2. The summed E-state index contributed by atoms with van der Waals surface area (Å²) < 4.78 is 50.8. The fourth-order valence-corrected chi connectivity index (χ4v) is 4.88. The molecule has 26 heavy (non-hydrogen) atoms. The van der Waals surface area contributed by atoms with Crippen LogP contribution >= 0.6 is 0 Å². The summed E-state index contributed by atoms with van der Waals surface area (Å²) in [6.07, 6.45) is 0. The fourth-order valence-electron chi connectivity index (χ4n) is 3.17. The maximum atomic E-state index is 13.8. The molecule has 0 atom stereocenters. The van der Waals surface area contributed by atoms with Crippen LogP contribution in [0.15, 0.2) is 27.6 Å². The largest absolute Gasteiger partial charge is 0.494 e. The number of hydrogen-bond donors (Lipinski definition) is 0. The van der Waals surface area contributed by atoms with Crippen LogP contribution in [0, 0.1) is 19.7 Å². The Hall–Kier alpha value is -1.97. The molecule has 0 unspecified atom stereocenters. The monoisotopic (exact) mass is 383 g/mol. The number of piperazine rings is 1. The van der Waals surface area contributed by atoms with Gasteiger partial charge >= 0.3 is 0 Å². The van der Waals surface area contributed by atoms with Gasteiger partial charge in [0.1, 0.15) is 10.6 Å². The molecular weight excluding hydrogens is 361 g/mol. The third-order valence-corrected chi connectivity index (χ3v) is 6.66. The lowest BCUT2D eigenvalue weighted by Gasteiger charge is -2.33. The summed E-state index contributed by atoms with van der Waals surface area (Å²) in [6.45, 7) is 5.64. The van der Waals surface area contributed by atoms with E-state index in [0.29, 0.717) is 44.2 Å². The Labute approximate surface area is 152 Å². The molecule has 2 heterocycles. The van der Waals surface area contributed by atoms with Crippen molar-refractivity contribution < 1.29 is 22.1 Å². The lowest BCUT2D eigenvalue weighted by atomic mass is 10.2. The van der Waals surface area contributed by atoms with Crippen molar-refractivity contribution in [3.05, 3.63) is 41.0 Å². The molecule has 0 radical (unpaired) electrons. The first-order valence-corrected chi connectivity index (χ1v) is 9.74. The van der Waals surface area contributed by atoms with E-state index in [1.54, 1.807) is 19.9 Å². The average molecular weight is 383 g/mol. The van der Waals surface area contributed by atoms with Crippen LogP contribution < -0.4 is 4.74 Å². The quantitative estimate of drug-likeness (QED) is 0.786. The van der Waals surface area contributed by atoms with Crippen LogP contribution in [0.3, 0.4) is 0 Å². The van der Waals surface area contributed by atoms with E-state index in [1.807, 2.05) is 6.07 Å². The first kappa shape index (κ1) is 18.8. The van der Waals surface area contributed by atoms with E-state index in [4.69, 9.17) is 9.26 Å². The summed E-state index contributed by atoms with van der Waals surface area (Å²) in [5.74, 6) is 0.118. The van der Waals surface area contributed by atoms with Gasteiger partial charge in [0.25, 0.3) is 0 Å². The zero-order valence-corrected chi connectivity index (χ0v) is 15.8. The van der Waals surface area contributed by atoms with Crippen LogP contribution in [-0.2, 0) is 16.6 Å². The van der Waals surface area contributed by atoms with E-state index in [2.05, 4.69) is 10.1 Å². The summed E-state index contributed by atoms with van der Waals surface area (Å²) in [5.41, 5.74) is 1.20. The van der Waals surface area contributed by atoms with Crippen LogP contribution in [0.25, 0.3) is 0 Å². The maximum Gasteiger partial charge on any atom is 0.248 e. The molecule has 1 aromatic carbocycles. The van der Waals surface area contributed by atoms with Crippen molar-refractivity contribution in [2.24, 2.45) is 0 Å². The SMILES string of the molecule is COc1ccc(CN2CCN(S(=O)(=O)c3c(C)noc3C)CC2)cc1F. The number of hydrogen-bond acceptors (Lipinski definition) is 6. The van der Waals surface area contributed by atoms with Crippen LogP contribution in [0.5, 0.6) is 5.75 Å². The Bertz CT molecular complexity index is 870. The van der Waals surface area contributed by atoms with Gasteiger partial charge in [-0.25, -0.2) is 12.8 Å². The van der Waals surface area contributed by atoms with Gasteiger partial charge in [0.15, 0.2) is 17.3 Å². The maximum absolute atomic E-state index is 13.8. The number of halogens is 1. The van der Waals surface area contributed by atoms with Crippen molar-refractivity contribution in [2.45, 2.75) is 25.3 Å². The number of nitrogens with zero attached hydrogens (tertiary/aromatic N) is 3. The lowest BCUT2D eigenvalue weighted by molar-refractivity contribution is 0.181. The molecule has 2 aromatic rings. The molecule has 7 nitrogen and oxygen atoms in total. The first-order valence-electron chi connectivity index (χ1n) is 8.30. The number of methoxy groups -OCH3 is 1. The second kappa shape index (κ2) is 7.34. The Morgan fingerprint density at radius 2 is 1.92 bits per heavy atom. The van der Waals surface area contributed by atoms with Gasteiger partial charge in [0.2, 0.25) is 10.0 Å². The summed E-state index contributed by atoms with van der Waals surface area (Å²) in [7, 11) is -2.19. The number of ether oxygens (including phenoxy) is 1. The molecule has 0 amide bonds. The Kier molecular flexibility index (Phi) is 5.31. The highest BCUT2D eigenvalue weighted by atomic mass is 32.2. The molecule has 1 aromatic heterocycles. The number of benzene rings is 1. The molecule has 0 saturated carbocycles. The molecule has 142 valence electrons.